The number of nitrogens with one attached hydrogen (secondary N) is 2. The molecule has 3 rings (SSSR count). The van der Waals surface area contributed by atoms with Gasteiger partial charge in [-0.25, -0.2) is 4.98 Å². The Morgan fingerprint density at radius 2 is 1.83 bits per heavy atom. The average molecular weight is 390 g/mol. The third-order valence-electron chi connectivity index (χ3n) is 3.17. The predicted molar refractivity (Wildman–Crippen MR) is 98.9 cm³/mol. The van der Waals surface area contributed by atoms with Gasteiger partial charge in [0.15, 0.2) is 0 Å². The molecule has 1 aromatic heterocycles. The molecule has 0 atom stereocenters. The molecule has 2 N–H and O–H groups in total. The summed E-state index contributed by atoms with van der Waals surface area (Å²) in [6.45, 7) is 2.04. The number of nitrogens with zero attached hydrogens (tertiary/aromatic N) is 2. The number of aryl methyl sites for hydroxylation is 1. The summed E-state index contributed by atoms with van der Waals surface area (Å²) in [6.07, 6.45) is 1.70. The van der Waals surface area contributed by atoms with Gasteiger partial charge in [0.25, 0.3) is 0 Å². The molecule has 0 amide bonds. The Morgan fingerprint density at radius 1 is 1.00 bits per heavy atom. The zero-order chi connectivity index (χ0) is 16.2. The Balaban J connectivity index is 1.78. The summed E-state index contributed by atoms with van der Waals surface area (Å²) in [6, 6.07) is 15.3. The first-order valence-corrected chi connectivity index (χ1v) is 8.16. The minimum atomic E-state index is 0.506. The van der Waals surface area contributed by atoms with E-state index in [4.69, 9.17) is 11.6 Å². The highest BCUT2D eigenvalue weighted by molar-refractivity contribution is 9.10. The predicted octanol–water partition coefficient (Wildman–Crippen LogP) is 5.69. The molecule has 0 bridgehead atoms. The summed E-state index contributed by atoms with van der Waals surface area (Å²) in [5.74, 6) is 1.22. The van der Waals surface area contributed by atoms with Gasteiger partial charge in [-0.15, -0.1) is 0 Å². The molecule has 0 saturated carbocycles. The van der Waals surface area contributed by atoms with E-state index in [0.29, 0.717) is 16.8 Å². The molecule has 0 radical (unpaired) electrons. The molecule has 6 heteroatoms. The van der Waals surface area contributed by atoms with E-state index < -0.39 is 0 Å². The Hall–Kier alpha value is -2.11. The van der Waals surface area contributed by atoms with Crippen molar-refractivity contribution in [1.82, 2.24) is 9.97 Å². The van der Waals surface area contributed by atoms with E-state index in [2.05, 4.69) is 42.6 Å². The van der Waals surface area contributed by atoms with E-state index in [1.165, 1.54) is 0 Å². The summed E-state index contributed by atoms with van der Waals surface area (Å²) in [7, 11) is 0. The van der Waals surface area contributed by atoms with Crippen LogP contribution in [0.2, 0.25) is 5.02 Å². The number of hydrogen-bond donors (Lipinski definition) is 2. The molecule has 23 heavy (non-hydrogen) atoms. The van der Waals surface area contributed by atoms with Gasteiger partial charge in [-0.05, 0) is 55.0 Å². The first-order valence-electron chi connectivity index (χ1n) is 6.99. The van der Waals surface area contributed by atoms with Gasteiger partial charge in [-0.2, -0.15) is 4.98 Å². The maximum atomic E-state index is 5.98. The van der Waals surface area contributed by atoms with Gasteiger partial charge in [-0.1, -0.05) is 33.6 Å². The van der Waals surface area contributed by atoms with Gasteiger partial charge in [0.2, 0.25) is 5.95 Å². The smallest absolute Gasteiger partial charge is 0.229 e. The summed E-state index contributed by atoms with van der Waals surface area (Å²) in [5.41, 5.74) is 2.97. The first kappa shape index (κ1) is 15.8. The third kappa shape index (κ3) is 4.21. The van der Waals surface area contributed by atoms with Crippen LogP contribution in [0.1, 0.15) is 5.56 Å². The largest absolute Gasteiger partial charge is 0.340 e. The highest BCUT2D eigenvalue weighted by Crippen LogP contribution is 2.23. The van der Waals surface area contributed by atoms with Gasteiger partial charge >= 0.3 is 0 Å². The van der Waals surface area contributed by atoms with Crippen molar-refractivity contribution in [1.29, 1.82) is 0 Å². The summed E-state index contributed by atoms with van der Waals surface area (Å²) >= 11 is 9.48. The minimum Gasteiger partial charge on any atom is -0.340 e. The molecule has 3 aromatic rings. The first-order chi connectivity index (χ1) is 11.1. The van der Waals surface area contributed by atoms with Crippen LogP contribution in [0.15, 0.2) is 59.2 Å². The SMILES string of the molecule is Cc1cc(Nc2ccnc(Nc3cccc(Cl)c3)n2)ccc1Br. The van der Waals surface area contributed by atoms with Crippen LogP contribution in [0, 0.1) is 6.92 Å². The molecule has 2 aromatic carbocycles. The van der Waals surface area contributed by atoms with Crippen LogP contribution in [0.4, 0.5) is 23.1 Å². The maximum absolute atomic E-state index is 5.98. The average Bonchev–Trinajstić information content (AvgIpc) is 2.51. The Morgan fingerprint density at radius 3 is 2.61 bits per heavy atom. The lowest BCUT2D eigenvalue weighted by molar-refractivity contribution is 1.16. The number of rotatable bonds is 4. The molecule has 1 heterocycles. The van der Waals surface area contributed by atoms with E-state index in [9.17, 15) is 0 Å². The summed E-state index contributed by atoms with van der Waals surface area (Å²) in [5, 5.41) is 7.07. The highest BCUT2D eigenvalue weighted by atomic mass is 79.9. The zero-order valence-corrected chi connectivity index (χ0v) is 14.7. The minimum absolute atomic E-state index is 0.506. The van der Waals surface area contributed by atoms with Crippen molar-refractivity contribution in [2.24, 2.45) is 0 Å². The van der Waals surface area contributed by atoms with Crippen LogP contribution < -0.4 is 10.6 Å². The van der Waals surface area contributed by atoms with Crippen LogP contribution in [-0.2, 0) is 0 Å². The van der Waals surface area contributed by atoms with E-state index in [0.717, 1.165) is 21.4 Å². The lowest BCUT2D eigenvalue weighted by Crippen LogP contribution is -2.00. The second-order valence-corrected chi connectivity index (χ2v) is 6.28. The van der Waals surface area contributed by atoms with Crippen molar-refractivity contribution in [3.63, 3.8) is 0 Å². The van der Waals surface area contributed by atoms with Crippen molar-refractivity contribution in [3.8, 4) is 0 Å². The molecule has 0 aliphatic carbocycles. The highest BCUT2D eigenvalue weighted by Gasteiger charge is 2.03. The van der Waals surface area contributed by atoms with E-state index >= 15 is 0 Å². The Bertz CT molecular complexity index is 838. The molecule has 0 fully saturated rings. The Kier molecular flexibility index (Phi) is 4.79. The van der Waals surface area contributed by atoms with Crippen molar-refractivity contribution in [3.05, 3.63) is 69.8 Å². The van der Waals surface area contributed by atoms with Gasteiger partial charge < -0.3 is 10.6 Å². The third-order valence-corrected chi connectivity index (χ3v) is 4.29. The van der Waals surface area contributed by atoms with E-state index in [1.54, 1.807) is 6.20 Å². The van der Waals surface area contributed by atoms with Gasteiger partial charge in [-0.3, -0.25) is 0 Å². The molecule has 0 spiro atoms. The maximum Gasteiger partial charge on any atom is 0.229 e. The van der Waals surface area contributed by atoms with Gasteiger partial charge in [0, 0.05) is 27.1 Å². The van der Waals surface area contributed by atoms with E-state index in [-0.39, 0.29) is 0 Å². The molecule has 116 valence electrons. The molecule has 0 aliphatic heterocycles. The number of benzene rings is 2. The number of hydrogen-bond acceptors (Lipinski definition) is 4. The van der Waals surface area contributed by atoms with Crippen LogP contribution >= 0.6 is 27.5 Å². The second-order valence-electron chi connectivity index (χ2n) is 4.99. The fourth-order valence-corrected chi connectivity index (χ4v) is 2.49. The summed E-state index contributed by atoms with van der Waals surface area (Å²) < 4.78 is 1.08. The molecule has 4 nitrogen and oxygen atoms in total. The standard InChI is InChI=1S/C17H14BrClN4/c1-11-9-14(5-6-15(11)18)21-16-7-8-20-17(23-16)22-13-4-2-3-12(19)10-13/h2-10H,1H3,(H2,20,21,22,23). The van der Waals surface area contributed by atoms with Crippen molar-refractivity contribution in [2.75, 3.05) is 10.6 Å². The molecular weight excluding hydrogens is 376 g/mol. The van der Waals surface area contributed by atoms with Crippen molar-refractivity contribution in [2.45, 2.75) is 6.92 Å². The van der Waals surface area contributed by atoms with Crippen LogP contribution in [0.25, 0.3) is 0 Å². The summed E-state index contributed by atoms with van der Waals surface area (Å²) in [4.78, 5) is 8.68. The normalized spacial score (nSPS) is 10.4. The fraction of sp³-hybridized carbons (Fsp3) is 0.0588. The number of anilines is 4. The lowest BCUT2D eigenvalue weighted by Gasteiger charge is -2.09. The van der Waals surface area contributed by atoms with Crippen LogP contribution in [-0.4, -0.2) is 9.97 Å². The van der Waals surface area contributed by atoms with Gasteiger partial charge in [0.05, 0.1) is 0 Å². The molecule has 0 unspecified atom stereocenters. The van der Waals surface area contributed by atoms with Gasteiger partial charge in [0.1, 0.15) is 5.82 Å². The van der Waals surface area contributed by atoms with E-state index in [1.807, 2.05) is 49.4 Å². The second kappa shape index (κ2) is 6.98. The van der Waals surface area contributed by atoms with Crippen LogP contribution in [0.3, 0.4) is 0 Å². The quantitative estimate of drug-likeness (QED) is 0.602. The van der Waals surface area contributed by atoms with Crippen molar-refractivity contribution >= 4 is 50.7 Å². The Labute approximate surface area is 148 Å². The number of aromatic nitrogens is 2. The molecular formula is C17H14BrClN4. The number of halogens is 2. The van der Waals surface area contributed by atoms with Crippen LogP contribution in [0.5, 0.6) is 0 Å². The zero-order valence-electron chi connectivity index (χ0n) is 12.3. The van der Waals surface area contributed by atoms with Crippen molar-refractivity contribution < 1.29 is 0 Å². The molecule has 0 saturated heterocycles. The fourth-order valence-electron chi connectivity index (χ4n) is 2.05. The molecule has 0 aliphatic rings. The topological polar surface area (TPSA) is 49.8 Å². The monoisotopic (exact) mass is 388 g/mol. The lowest BCUT2D eigenvalue weighted by atomic mass is 10.2.